The second kappa shape index (κ2) is 14.5. The maximum Gasteiger partial charge on any atom is 0.215 e. The minimum absolute atomic E-state index is 0. The van der Waals surface area contributed by atoms with Gasteiger partial charge in [-0.1, -0.05) is 39.0 Å². The molecule has 0 aliphatic heterocycles. The topological polar surface area (TPSA) is 73.8 Å². The van der Waals surface area contributed by atoms with Crippen molar-refractivity contribution in [1.29, 1.82) is 0 Å². The van der Waals surface area contributed by atoms with Crippen LogP contribution < -0.4 is 10.6 Å². The Morgan fingerprint density at radius 1 is 1.15 bits per heavy atom. The van der Waals surface area contributed by atoms with Gasteiger partial charge in [0.2, 0.25) is 10.0 Å². The summed E-state index contributed by atoms with van der Waals surface area (Å²) < 4.78 is 25.9. The van der Waals surface area contributed by atoms with Crippen molar-refractivity contribution in [2.24, 2.45) is 4.99 Å². The fourth-order valence-corrected chi connectivity index (χ4v) is 4.71. The molecule has 0 radical (unpaired) electrons. The van der Waals surface area contributed by atoms with Crippen molar-refractivity contribution in [3.8, 4) is 0 Å². The zero-order valence-electron chi connectivity index (χ0n) is 16.6. The highest BCUT2D eigenvalue weighted by Gasteiger charge is 2.18. The van der Waals surface area contributed by atoms with E-state index in [9.17, 15) is 8.42 Å². The SMILES string of the molecule is CCNC(=NCC(C)Sc1ccccc1)NCCS(=O)(=O)N(CC)CC.I. The molecule has 0 aromatic heterocycles. The van der Waals surface area contributed by atoms with Crippen LogP contribution in [0.4, 0.5) is 0 Å². The predicted molar refractivity (Wildman–Crippen MR) is 128 cm³/mol. The molecule has 1 aromatic carbocycles. The van der Waals surface area contributed by atoms with Gasteiger partial charge in [-0.15, -0.1) is 35.7 Å². The molecule has 1 aromatic rings. The molecule has 9 heteroatoms. The summed E-state index contributed by atoms with van der Waals surface area (Å²) in [6, 6.07) is 10.2. The van der Waals surface area contributed by atoms with E-state index in [0.717, 1.165) is 6.54 Å². The highest BCUT2D eigenvalue weighted by molar-refractivity contribution is 14.0. The number of halogens is 1. The quantitative estimate of drug-likeness (QED) is 0.200. The van der Waals surface area contributed by atoms with Gasteiger partial charge in [0.05, 0.1) is 12.3 Å². The van der Waals surface area contributed by atoms with E-state index in [1.807, 2.05) is 39.0 Å². The lowest BCUT2D eigenvalue weighted by molar-refractivity contribution is 0.445. The fourth-order valence-electron chi connectivity index (χ4n) is 2.37. The molecule has 27 heavy (non-hydrogen) atoms. The smallest absolute Gasteiger partial charge is 0.215 e. The van der Waals surface area contributed by atoms with E-state index in [0.29, 0.717) is 37.4 Å². The number of benzene rings is 1. The number of rotatable bonds is 11. The fraction of sp³-hybridized carbons (Fsp3) is 0.611. The molecular weight excluding hydrogens is 495 g/mol. The van der Waals surface area contributed by atoms with Gasteiger partial charge in [0.1, 0.15) is 0 Å². The van der Waals surface area contributed by atoms with Crippen LogP contribution >= 0.6 is 35.7 Å². The summed E-state index contributed by atoms with van der Waals surface area (Å²) in [5.74, 6) is 0.718. The first-order valence-corrected chi connectivity index (χ1v) is 11.6. The van der Waals surface area contributed by atoms with E-state index in [1.54, 1.807) is 11.8 Å². The molecule has 156 valence electrons. The Morgan fingerprint density at radius 3 is 2.33 bits per heavy atom. The van der Waals surface area contributed by atoms with Crippen LogP contribution in [0.2, 0.25) is 0 Å². The number of nitrogens with one attached hydrogen (secondary N) is 2. The average Bonchev–Trinajstić information content (AvgIpc) is 2.61. The summed E-state index contributed by atoms with van der Waals surface area (Å²) in [6.45, 7) is 10.6. The van der Waals surface area contributed by atoms with E-state index in [1.165, 1.54) is 9.20 Å². The molecule has 1 atom stereocenters. The Bertz CT molecular complexity index is 638. The Morgan fingerprint density at radius 2 is 1.78 bits per heavy atom. The van der Waals surface area contributed by atoms with E-state index >= 15 is 0 Å². The summed E-state index contributed by atoms with van der Waals surface area (Å²) >= 11 is 1.78. The standard InChI is InChI=1S/C18H32N4O2S2.HI/c1-5-19-18(20-13-14-26(23,24)22(6-2)7-3)21-15-16(4)25-17-11-9-8-10-12-17;/h8-12,16H,5-7,13-15H2,1-4H3,(H2,19,20,21);1H. The number of nitrogens with zero attached hydrogens (tertiary/aromatic N) is 2. The second-order valence-electron chi connectivity index (χ2n) is 5.79. The van der Waals surface area contributed by atoms with Gasteiger partial charge in [0, 0.05) is 36.3 Å². The highest BCUT2D eigenvalue weighted by atomic mass is 127. The molecule has 0 fully saturated rings. The van der Waals surface area contributed by atoms with Gasteiger partial charge in [0.15, 0.2) is 5.96 Å². The molecule has 0 heterocycles. The Labute approximate surface area is 186 Å². The lowest BCUT2D eigenvalue weighted by atomic mass is 10.4. The molecule has 0 aliphatic carbocycles. The van der Waals surface area contributed by atoms with Crippen LogP contribution in [0.15, 0.2) is 40.2 Å². The molecule has 1 unspecified atom stereocenters. The largest absolute Gasteiger partial charge is 0.357 e. The van der Waals surface area contributed by atoms with Crippen molar-refractivity contribution in [2.75, 3.05) is 38.5 Å². The van der Waals surface area contributed by atoms with Gasteiger partial charge >= 0.3 is 0 Å². The summed E-state index contributed by atoms with van der Waals surface area (Å²) in [5, 5.41) is 6.62. The molecule has 0 amide bonds. The van der Waals surface area contributed by atoms with Crippen LogP contribution in [-0.2, 0) is 10.0 Å². The Kier molecular flexibility index (Phi) is 14.2. The van der Waals surface area contributed by atoms with Gasteiger partial charge in [-0.2, -0.15) is 0 Å². The van der Waals surface area contributed by atoms with Gasteiger partial charge < -0.3 is 10.6 Å². The molecule has 0 aliphatic rings. The first kappa shape index (κ1) is 26.5. The number of hydrogen-bond acceptors (Lipinski definition) is 4. The zero-order chi connectivity index (χ0) is 19.4. The maximum atomic E-state index is 12.2. The van der Waals surface area contributed by atoms with Crippen LogP contribution in [-0.4, -0.2) is 62.4 Å². The number of aliphatic imine (C=N–C) groups is 1. The maximum absolute atomic E-state index is 12.2. The highest BCUT2D eigenvalue weighted by Crippen LogP contribution is 2.22. The summed E-state index contributed by atoms with van der Waals surface area (Å²) in [6.07, 6.45) is 0. The monoisotopic (exact) mass is 528 g/mol. The molecule has 0 saturated heterocycles. The normalized spacial score (nSPS) is 13.1. The summed E-state index contributed by atoms with van der Waals surface area (Å²) in [5.41, 5.74) is 0. The van der Waals surface area contributed by atoms with Crippen LogP contribution in [0.1, 0.15) is 27.7 Å². The van der Waals surface area contributed by atoms with Crippen LogP contribution in [0, 0.1) is 0 Å². The molecule has 2 N–H and O–H groups in total. The molecular formula is C18H33IN4O2S2. The molecule has 1 rings (SSSR count). The molecule has 6 nitrogen and oxygen atoms in total. The average molecular weight is 529 g/mol. The van der Waals surface area contributed by atoms with E-state index in [4.69, 9.17) is 0 Å². The van der Waals surface area contributed by atoms with Crippen LogP contribution in [0.25, 0.3) is 0 Å². The van der Waals surface area contributed by atoms with Gasteiger partial charge in [-0.05, 0) is 19.1 Å². The van der Waals surface area contributed by atoms with Crippen molar-refractivity contribution in [1.82, 2.24) is 14.9 Å². The van der Waals surface area contributed by atoms with Crippen molar-refractivity contribution >= 4 is 51.7 Å². The second-order valence-corrected chi connectivity index (χ2v) is 9.39. The Balaban J connectivity index is 0.00000676. The third-order valence-corrected chi connectivity index (χ3v) is 6.80. The third kappa shape index (κ3) is 10.6. The summed E-state index contributed by atoms with van der Waals surface area (Å²) in [4.78, 5) is 5.80. The van der Waals surface area contributed by atoms with Crippen molar-refractivity contribution in [2.45, 2.75) is 37.8 Å². The van der Waals surface area contributed by atoms with Crippen molar-refractivity contribution in [3.63, 3.8) is 0 Å². The Hall–Kier alpha value is -0.520. The summed E-state index contributed by atoms with van der Waals surface area (Å²) in [7, 11) is -3.22. The van der Waals surface area contributed by atoms with Gasteiger partial charge in [-0.25, -0.2) is 12.7 Å². The van der Waals surface area contributed by atoms with Crippen LogP contribution in [0.3, 0.4) is 0 Å². The van der Waals surface area contributed by atoms with Crippen molar-refractivity contribution < 1.29 is 8.42 Å². The van der Waals surface area contributed by atoms with E-state index in [-0.39, 0.29) is 29.7 Å². The van der Waals surface area contributed by atoms with Gasteiger partial charge in [0.25, 0.3) is 0 Å². The van der Waals surface area contributed by atoms with E-state index in [2.05, 4.69) is 34.7 Å². The molecule has 0 saturated carbocycles. The zero-order valence-corrected chi connectivity index (χ0v) is 20.6. The minimum Gasteiger partial charge on any atom is -0.357 e. The van der Waals surface area contributed by atoms with Crippen LogP contribution in [0.5, 0.6) is 0 Å². The lowest BCUT2D eigenvalue weighted by Gasteiger charge is -2.19. The molecule has 0 bridgehead atoms. The van der Waals surface area contributed by atoms with Gasteiger partial charge in [-0.3, -0.25) is 4.99 Å². The first-order chi connectivity index (χ1) is 12.4. The minimum atomic E-state index is -3.22. The first-order valence-electron chi connectivity index (χ1n) is 9.14. The van der Waals surface area contributed by atoms with E-state index < -0.39 is 10.0 Å². The predicted octanol–water partition coefficient (Wildman–Crippen LogP) is 3.01. The number of sulfonamides is 1. The molecule has 0 spiro atoms. The third-order valence-electron chi connectivity index (χ3n) is 3.68. The van der Waals surface area contributed by atoms with Crippen molar-refractivity contribution in [3.05, 3.63) is 30.3 Å². The number of guanidine groups is 1. The number of thioether (sulfide) groups is 1. The lowest BCUT2D eigenvalue weighted by Crippen LogP contribution is -2.42. The number of hydrogen-bond donors (Lipinski definition) is 2.